The molecule has 0 radical (unpaired) electrons. The summed E-state index contributed by atoms with van der Waals surface area (Å²) in [5, 5.41) is 2.85. The summed E-state index contributed by atoms with van der Waals surface area (Å²) in [6, 6.07) is 23.7. The number of amides is 1. The molecule has 4 nitrogen and oxygen atoms in total. The first-order valence-electron chi connectivity index (χ1n) is 7.53. The molecule has 0 saturated carbocycles. The van der Waals surface area contributed by atoms with Crippen LogP contribution in [0.3, 0.4) is 0 Å². The number of benzene rings is 3. The SMILES string of the molecule is COc1cccc(Oc2ccc(C(=O)Nc3ccccc3)cc2)c1. The van der Waals surface area contributed by atoms with Crippen LogP contribution in [0.4, 0.5) is 5.69 Å². The van der Waals surface area contributed by atoms with Gasteiger partial charge in [-0.25, -0.2) is 0 Å². The first-order valence-corrected chi connectivity index (χ1v) is 7.53. The minimum Gasteiger partial charge on any atom is -0.497 e. The predicted molar refractivity (Wildman–Crippen MR) is 93.9 cm³/mol. The van der Waals surface area contributed by atoms with Gasteiger partial charge in [0.25, 0.3) is 5.91 Å². The van der Waals surface area contributed by atoms with E-state index in [1.54, 1.807) is 37.4 Å². The maximum absolute atomic E-state index is 12.2. The van der Waals surface area contributed by atoms with Crippen LogP contribution in [-0.2, 0) is 0 Å². The first-order chi connectivity index (χ1) is 11.7. The van der Waals surface area contributed by atoms with Crippen molar-refractivity contribution in [3.8, 4) is 17.2 Å². The molecule has 0 heterocycles. The molecule has 0 unspecified atom stereocenters. The number of hydrogen-bond acceptors (Lipinski definition) is 3. The van der Waals surface area contributed by atoms with Crippen molar-refractivity contribution in [3.63, 3.8) is 0 Å². The molecular weight excluding hydrogens is 302 g/mol. The van der Waals surface area contributed by atoms with Crippen LogP contribution in [0.15, 0.2) is 78.9 Å². The molecule has 0 spiro atoms. The molecule has 0 saturated heterocycles. The maximum atomic E-state index is 12.2. The van der Waals surface area contributed by atoms with E-state index in [0.717, 1.165) is 11.4 Å². The predicted octanol–water partition coefficient (Wildman–Crippen LogP) is 4.74. The highest BCUT2D eigenvalue weighted by Gasteiger charge is 2.06. The zero-order valence-electron chi connectivity index (χ0n) is 13.2. The summed E-state index contributed by atoms with van der Waals surface area (Å²) in [7, 11) is 1.61. The molecule has 3 rings (SSSR count). The lowest BCUT2D eigenvalue weighted by molar-refractivity contribution is 0.102. The zero-order valence-corrected chi connectivity index (χ0v) is 13.2. The van der Waals surface area contributed by atoms with Crippen LogP contribution in [0.1, 0.15) is 10.4 Å². The molecule has 24 heavy (non-hydrogen) atoms. The average Bonchev–Trinajstić information content (AvgIpc) is 2.63. The Morgan fingerprint density at radius 3 is 2.21 bits per heavy atom. The summed E-state index contributed by atoms with van der Waals surface area (Å²) < 4.78 is 10.9. The normalized spacial score (nSPS) is 10.0. The summed E-state index contributed by atoms with van der Waals surface area (Å²) in [4.78, 5) is 12.2. The van der Waals surface area contributed by atoms with E-state index in [9.17, 15) is 4.79 Å². The van der Waals surface area contributed by atoms with E-state index >= 15 is 0 Å². The van der Waals surface area contributed by atoms with Gasteiger partial charge in [-0.1, -0.05) is 24.3 Å². The number of methoxy groups -OCH3 is 1. The van der Waals surface area contributed by atoms with Gasteiger partial charge in [0.15, 0.2) is 0 Å². The van der Waals surface area contributed by atoms with Gasteiger partial charge in [0.05, 0.1) is 7.11 Å². The van der Waals surface area contributed by atoms with Gasteiger partial charge in [-0.2, -0.15) is 0 Å². The number of carbonyl (C=O) groups excluding carboxylic acids is 1. The van der Waals surface area contributed by atoms with Crippen LogP contribution in [0, 0.1) is 0 Å². The van der Waals surface area contributed by atoms with Gasteiger partial charge in [-0.15, -0.1) is 0 Å². The van der Waals surface area contributed by atoms with Crippen LogP contribution < -0.4 is 14.8 Å². The number of nitrogens with one attached hydrogen (secondary N) is 1. The number of rotatable bonds is 5. The molecule has 120 valence electrons. The Balaban J connectivity index is 1.67. The Morgan fingerprint density at radius 1 is 0.792 bits per heavy atom. The third-order valence-electron chi connectivity index (χ3n) is 3.43. The van der Waals surface area contributed by atoms with Crippen LogP contribution in [0.25, 0.3) is 0 Å². The zero-order chi connectivity index (χ0) is 16.8. The molecule has 1 amide bonds. The van der Waals surface area contributed by atoms with E-state index in [4.69, 9.17) is 9.47 Å². The van der Waals surface area contributed by atoms with Crippen molar-refractivity contribution >= 4 is 11.6 Å². The molecule has 0 bridgehead atoms. The lowest BCUT2D eigenvalue weighted by atomic mass is 10.2. The lowest BCUT2D eigenvalue weighted by Crippen LogP contribution is -2.11. The third-order valence-corrected chi connectivity index (χ3v) is 3.43. The Kier molecular flexibility index (Phi) is 4.77. The van der Waals surface area contributed by atoms with Crippen molar-refractivity contribution in [2.75, 3.05) is 12.4 Å². The van der Waals surface area contributed by atoms with Crippen LogP contribution in [0.2, 0.25) is 0 Å². The number of anilines is 1. The monoisotopic (exact) mass is 319 g/mol. The van der Waals surface area contributed by atoms with E-state index in [1.165, 1.54) is 0 Å². The lowest BCUT2D eigenvalue weighted by Gasteiger charge is -2.08. The fourth-order valence-corrected chi connectivity index (χ4v) is 2.20. The smallest absolute Gasteiger partial charge is 0.255 e. The van der Waals surface area contributed by atoms with Crippen molar-refractivity contribution in [2.45, 2.75) is 0 Å². The summed E-state index contributed by atoms with van der Waals surface area (Å²) in [5.41, 5.74) is 1.33. The van der Waals surface area contributed by atoms with Crippen LogP contribution in [0.5, 0.6) is 17.2 Å². The van der Waals surface area contributed by atoms with Gasteiger partial charge in [0.2, 0.25) is 0 Å². The van der Waals surface area contributed by atoms with E-state index in [1.807, 2.05) is 48.5 Å². The third kappa shape index (κ3) is 3.93. The largest absolute Gasteiger partial charge is 0.497 e. The van der Waals surface area contributed by atoms with Crippen molar-refractivity contribution < 1.29 is 14.3 Å². The van der Waals surface area contributed by atoms with E-state index in [2.05, 4.69) is 5.32 Å². The second-order valence-corrected chi connectivity index (χ2v) is 5.13. The van der Waals surface area contributed by atoms with Crippen molar-refractivity contribution in [1.82, 2.24) is 0 Å². The molecule has 0 aliphatic heterocycles. The molecule has 0 fully saturated rings. The molecule has 0 atom stereocenters. The molecule has 0 aromatic heterocycles. The highest BCUT2D eigenvalue weighted by molar-refractivity contribution is 6.04. The minimum atomic E-state index is -0.158. The fourth-order valence-electron chi connectivity index (χ4n) is 2.20. The van der Waals surface area contributed by atoms with E-state index in [0.29, 0.717) is 17.1 Å². The van der Waals surface area contributed by atoms with Gasteiger partial charge < -0.3 is 14.8 Å². The Labute approximate surface area is 140 Å². The van der Waals surface area contributed by atoms with Crippen molar-refractivity contribution in [1.29, 1.82) is 0 Å². The number of hydrogen-bond donors (Lipinski definition) is 1. The van der Waals surface area contributed by atoms with Gasteiger partial charge in [-0.05, 0) is 48.5 Å². The standard InChI is InChI=1S/C20H17NO3/c1-23-18-8-5-9-19(14-18)24-17-12-10-15(11-13-17)20(22)21-16-6-3-2-4-7-16/h2-14H,1H3,(H,21,22). The van der Waals surface area contributed by atoms with Crippen molar-refractivity contribution in [3.05, 3.63) is 84.4 Å². The van der Waals surface area contributed by atoms with Gasteiger partial charge >= 0.3 is 0 Å². The second kappa shape index (κ2) is 7.33. The average molecular weight is 319 g/mol. The van der Waals surface area contributed by atoms with E-state index < -0.39 is 0 Å². The molecule has 3 aromatic rings. The van der Waals surface area contributed by atoms with Gasteiger partial charge in [-0.3, -0.25) is 4.79 Å². The number of ether oxygens (including phenoxy) is 2. The molecule has 4 heteroatoms. The highest BCUT2D eigenvalue weighted by atomic mass is 16.5. The topological polar surface area (TPSA) is 47.6 Å². The highest BCUT2D eigenvalue weighted by Crippen LogP contribution is 2.25. The Bertz CT molecular complexity index is 814. The second-order valence-electron chi connectivity index (χ2n) is 5.13. The number of para-hydroxylation sites is 1. The van der Waals surface area contributed by atoms with Crippen LogP contribution >= 0.6 is 0 Å². The molecular formula is C20H17NO3. The summed E-state index contributed by atoms with van der Waals surface area (Å²) in [6.45, 7) is 0. The first kappa shape index (κ1) is 15.6. The minimum absolute atomic E-state index is 0.158. The Morgan fingerprint density at radius 2 is 1.50 bits per heavy atom. The molecule has 3 aromatic carbocycles. The molecule has 0 aliphatic carbocycles. The van der Waals surface area contributed by atoms with E-state index in [-0.39, 0.29) is 5.91 Å². The summed E-state index contributed by atoms with van der Waals surface area (Å²) >= 11 is 0. The van der Waals surface area contributed by atoms with Crippen molar-refractivity contribution in [2.24, 2.45) is 0 Å². The quantitative estimate of drug-likeness (QED) is 0.739. The maximum Gasteiger partial charge on any atom is 0.255 e. The van der Waals surface area contributed by atoms with Gasteiger partial charge in [0.1, 0.15) is 17.2 Å². The number of carbonyl (C=O) groups is 1. The fraction of sp³-hybridized carbons (Fsp3) is 0.0500. The summed E-state index contributed by atoms with van der Waals surface area (Å²) in [6.07, 6.45) is 0. The van der Waals surface area contributed by atoms with Crippen LogP contribution in [-0.4, -0.2) is 13.0 Å². The van der Waals surface area contributed by atoms with Gasteiger partial charge in [0, 0.05) is 17.3 Å². The molecule has 0 aliphatic rings. The molecule has 1 N–H and O–H groups in total. The Hall–Kier alpha value is -3.27. The summed E-state index contributed by atoms with van der Waals surface area (Å²) in [5.74, 6) is 1.90.